The van der Waals surface area contributed by atoms with Gasteiger partial charge in [-0.3, -0.25) is 0 Å². The lowest BCUT2D eigenvalue weighted by Gasteiger charge is -2.26. The van der Waals surface area contributed by atoms with Gasteiger partial charge in [0.1, 0.15) is 0 Å². The molecule has 0 radical (unpaired) electrons. The van der Waals surface area contributed by atoms with Crippen LogP contribution in [0.1, 0.15) is 108 Å². The number of aryl methyl sites for hydroxylation is 2. The van der Waals surface area contributed by atoms with Crippen molar-refractivity contribution in [3.63, 3.8) is 0 Å². The van der Waals surface area contributed by atoms with Gasteiger partial charge in [-0.1, -0.05) is 193 Å². The van der Waals surface area contributed by atoms with Crippen molar-refractivity contribution in [3.8, 4) is 0 Å². The highest BCUT2D eigenvalue weighted by atomic mass is 15.1. The summed E-state index contributed by atoms with van der Waals surface area (Å²) in [5.41, 5.74) is 9.37. The average molecular weight is 751 g/mol. The minimum Gasteiger partial charge on any atom is -0.310 e. The fourth-order valence-electron chi connectivity index (χ4n) is 5.76. The second-order valence-corrected chi connectivity index (χ2v) is 10.9. The van der Waals surface area contributed by atoms with Crippen LogP contribution in [-0.2, 0) is 0 Å². The zero-order chi connectivity index (χ0) is 42.5. The first-order valence-electron chi connectivity index (χ1n) is 21.4. The largest absolute Gasteiger partial charge is 0.310 e. The average Bonchev–Trinajstić information content (AvgIpc) is 3.30. The van der Waals surface area contributed by atoms with E-state index in [1.807, 2.05) is 96.9 Å². The van der Waals surface area contributed by atoms with Crippen LogP contribution in [-0.4, -0.2) is 0 Å². The van der Waals surface area contributed by atoms with E-state index >= 15 is 0 Å². The molecule has 0 aliphatic carbocycles. The number of anilines is 6. The first-order valence-corrected chi connectivity index (χ1v) is 21.4. The topological polar surface area (TPSA) is 6.48 Å². The highest BCUT2D eigenvalue weighted by Gasteiger charge is 2.15. The molecule has 0 aliphatic heterocycles. The molecule has 2 heteroatoms. The maximum atomic E-state index is 2.32. The van der Waals surface area contributed by atoms with Crippen molar-refractivity contribution in [3.05, 3.63) is 169 Å². The molecule has 56 heavy (non-hydrogen) atoms. The molecule has 0 spiro atoms. The quantitative estimate of drug-likeness (QED) is 0.156. The molecule has 0 heterocycles. The molecule has 0 N–H and O–H groups in total. The van der Waals surface area contributed by atoms with Crippen LogP contribution in [0.5, 0.6) is 0 Å². The Bertz CT molecular complexity index is 1830. The Morgan fingerprint density at radius 3 is 0.786 bits per heavy atom. The lowest BCUT2D eigenvalue weighted by atomic mass is 10.00. The third kappa shape index (κ3) is 13.7. The second kappa shape index (κ2) is 29.9. The van der Waals surface area contributed by atoms with Crippen molar-refractivity contribution in [2.24, 2.45) is 0 Å². The fraction of sp³-hybridized carbons (Fsp3) is 0.296. The second-order valence-electron chi connectivity index (χ2n) is 10.9. The van der Waals surface area contributed by atoms with Gasteiger partial charge in [0.05, 0.1) is 0 Å². The Morgan fingerprint density at radius 1 is 0.250 bits per heavy atom. The molecule has 0 bridgehead atoms. The molecule has 300 valence electrons. The number of hydrogen-bond donors (Lipinski definition) is 0. The Balaban J connectivity index is 0.00000196. The van der Waals surface area contributed by atoms with Crippen LogP contribution in [0.2, 0.25) is 0 Å². The van der Waals surface area contributed by atoms with Gasteiger partial charge in [-0.15, -0.1) is 0 Å². The molecule has 0 aromatic heterocycles. The molecule has 7 rings (SSSR count). The molecule has 0 aliphatic rings. The smallest absolute Gasteiger partial charge is 0.0468 e. The first kappa shape index (κ1) is 50.7. The van der Waals surface area contributed by atoms with E-state index in [1.165, 1.54) is 32.7 Å². The molecule has 0 amide bonds. The van der Waals surface area contributed by atoms with Crippen LogP contribution in [0.15, 0.2) is 158 Å². The van der Waals surface area contributed by atoms with E-state index in [0.29, 0.717) is 0 Å². The summed E-state index contributed by atoms with van der Waals surface area (Å²) in [4.78, 5) is 4.65. The van der Waals surface area contributed by atoms with Gasteiger partial charge in [0.25, 0.3) is 0 Å². The predicted octanol–water partition coefficient (Wildman–Crippen LogP) is 18.7. The molecule has 0 fully saturated rings. The number of rotatable bonds is 6. The maximum Gasteiger partial charge on any atom is 0.0468 e. The molecule has 0 unspecified atom stereocenters. The van der Waals surface area contributed by atoms with E-state index in [1.54, 1.807) is 0 Å². The summed E-state index contributed by atoms with van der Waals surface area (Å²) < 4.78 is 0. The van der Waals surface area contributed by atoms with E-state index in [4.69, 9.17) is 0 Å². The summed E-state index contributed by atoms with van der Waals surface area (Å²) in [5.74, 6) is 0. The normalized spacial score (nSPS) is 9.07. The highest BCUT2D eigenvalue weighted by molar-refractivity contribution is 6.09. The van der Waals surface area contributed by atoms with Crippen LogP contribution >= 0.6 is 0 Å². The lowest BCUT2D eigenvalue weighted by molar-refractivity contribution is 1.28. The van der Waals surface area contributed by atoms with Crippen molar-refractivity contribution in [2.45, 2.75) is 111 Å². The molecule has 2 nitrogen and oxygen atoms in total. The number of para-hydroxylation sites is 2. The van der Waals surface area contributed by atoms with Gasteiger partial charge in [-0.05, 0) is 108 Å². The Labute approximate surface area is 343 Å². The molecule has 0 saturated carbocycles. The summed E-state index contributed by atoms with van der Waals surface area (Å²) in [6.45, 7) is 32.3. The monoisotopic (exact) mass is 751 g/mol. The fourth-order valence-corrected chi connectivity index (χ4v) is 5.76. The summed E-state index contributed by atoms with van der Waals surface area (Å²) in [5, 5.41) is 4.95. The van der Waals surface area contributed by atoms with E-state index in [-0.39, 0.29) is 0 Å². The molecule has 0 saturated heterocycles. The highest BCUT2D eigenvalue weighted by Crippen LogP contribution is 2.40. The molecule has 7 aromatic carbocycles. The number of benzene rings is 7. The van der Waals surface area contributed by atoms with Gasteiger partial charge < -0.3 is 9.80 Å². The van der Waals surface area contributed by atoms with Crippen molar-refractivity contribution >= 4 is 55.7 Å². The van der Waals surface area contributed by atoms with Crippen molar-refractivity contribution in [1.82, 2.24) is 0 Å². The zero-order valence-corrected chi connectivity index (χ0v) is 37.9. The minimum absolute atomic E-state index is 1.14. The van der Waals surface area contributed by atoms with Crippen LogP contribution < -0.4 is 9.80 Å². The van der Waals surface area contributed by atoms with Crippen LogP contribution in [0.3, 0.4) is 0 Å². The van der Waals surface area contributed by atoms with E-state index in [9.17, 15) is 0 Å². The van der Waals surface area contributed by atoms with E-state index in [2.05, 4.69) is 181 Å². The number of nitrogens with zero attached hydrogens (tertiary/aromatic N) is 2. The van der Waals surface area contributed by atoms with Gasteiger partial charge in [0.2, 0.25) is 0 Å². The van der Waals surface area contributed by atoms with Gasteiger partial charge in [-0.2, -0.15) is 0 Å². The summed E-state index contributed by atoms with van der Waals surface area (Å²) >= 11 is 0. The van der Waals surface area contributed by atoms with Gasteiger partial charge in [-0.25, -0.2) is 0 Å². The van der Waals surface area contributed by atoms with Gasteiger partial charge >= 0.3 is 0 Å². The Morgan fingerprint density at radius 2 is 0.500 bits per heavy atom. The summed E-state index contributed by atoms with van der Waals surface area (Å²) in [7, 11) is 0. The SMILES string of the molecule is CC.CC.CC.CC.CC.CC.CC.Cc1ccc(N(c2ccccc2)c2ccc3c(ccc4cc(N(c5ccccc5)c5ccc(C)cc5)ccc43)c2)cc1. The van der Waals surface area contributed by atoms with Gasteiger partial charge in [0, 0.05) is 34.1 Å². The van der Waals surface area contributed by atoms with Crippen LogP contribution in [0.25, 0.3) is 21.5 Å². The third-order valence-corrected chi connectivity index (χ3v) is 7.93. The van der Waals surface area contributed by atoms with Crippen LogP contribution in [0, 0.1) is 13.8 Å². The molecule has 7 aromatic rings. The van der Waals surface area contributed by atoms with Crippen molar-refractivity contribution in [1.29, 1.82) is 0 Å². The molecule has 0 atom stereocenters. The molecular formula is C54H74N2. The first-order chi connectivity index (χ1) is 27.6. The van der Waals surface area contributed by atoms with E-state index in [0.717, 1.165) is 34.1 Å². The summed E-state index contributed by atoms with van der Waals surface area (Å²) in [6, 6.07) is 56.8. The summed E-state index contributed by atoms with van der Waals surface area (Å²) in [6.07, 6.45) is 0. The zero-order valence-electron chi connectivity index (χ0n) is 37.9. The predicted molar refractivity (Wildman–Crippen MR) is 260 cm³/mol. The van der Waals surface area contributed by atoms with Crippen molar-refractivity contribution in [2.75, 3.05) is 9.80 Å². The standard InChI is InChI=1S/C40H32N2.7C2H6/c1-29-13-19-35(20-14-29)41(33-9-5-3-6-10-33)37-23-25-39-31(27-37)17-18-32-28-38(24-26-40(32)39)42(34-11-7-4-8-12-34)36-21-15-30(2)16-22-36;7*1-2/h3-28H,1-2H3;7*1-2H3. The minimum atomic E-state index is 1.14. The number of fused-ring (bicyclic) bond motifs is 3. The maximum absolute atomic E-state index is 2.32. The Kier molecular flexibility index (Phi) is 27.1. The van der Waals surface area contributed by atoms with Crippen LogP contribution in [0.4, 0.5) is 34.1 Å². The Hall–Kier alpha value is -5.34. The lowest BCUT2D eigenvalue weighted by Crippen LogP contribution is -2.10. The van der Waals surface area contributed by atoms with Crippen molar-refractivity contribution < 1.29 is 0 Å². The molecular weight excluding hydrogens is 677 g/mol. The third-order valence-electron chi connectivity index (χ3n) is 7.93. The van der Waals surface area contributed by atoms with Gasteiger partial charge in [0.15, 0.2) is 0 Å². The van der Waals surface area contributed by atoms with E-state index < -0.39 is 0 Å². The number of hydrogen-bond acceptors (Lipinski definition) is 2.